The molecule has 154 valence electrons. The average molecular weight is 404 g/mol. The van der Waals surface area contributed by atoms with E-state index in [2.05, 4.69) is 20.3 Å². The predicted molar refractivity (Wildman–Crippen MR) is 97.1 cm³/mol. The highest BCUT2D eigenvalue weighted by Gasteiger charge is 2.44. The summed E-state index contributed by atoms with van der Waals surface area (Å²) >= 11 is 0. The van der Waals surface area contributed by atoms with Gasteiger partial charge in [0.1, 0.15) is 30.9 Å². The topological polar surface area (TPSA) is 150 Å². The molecule has 5 rings (SSSR count). The number of rotatable bonds is 5. The van der Waals surface area contributed by atoms with Crippen LogP contribution in [-0.4, -0.2) is 71.9 Å². The number of nitrogens with zero attached hydrogens (tertiary/aromatic N) is 5. The Morgan fingerprint density at radius 1 is 1.24 bits per heavy atom. The summed E-state index contributed by atoms with van der Waals surface area (Å²) in [4.78, 5) is 24.5. The van der Waals surface area contributed by atoms with Crippen molar-refractivity contribution in [1.29, 1.82) is 0 Å². The quantitative estimate of drug-likeness (QED) is 0.488. The zero-order valence-electron chi connectivity index (χ0n) is 15.3. The zero-order valence-corrected chi connectivity index (χ0v) is 15.3. The van der Waals surface area contributed by atoms with Crippen molar-refractivity contribution in [3.63, 3.8) is 0 Å². The highest BCUT2D eigenvalue weighted by molar-refractivity contribution is 5.82. The predicted octanol–water partition coefficient (Wildman–Crippen LogP) is -0.899. The van der Waals surface area contributed by atoms with Gasteiger partial charge >= 0.3 is 5.76 Å². The van der Waals surface area contributed by atoms with E-state index in [9.17, 15) is 15.0 Å². The first kappa shape index (κ1) is 18.2. The van der Waals surface area contributed by atoms with Gasteiger partial charge in [-0.15, -0.1) is 0 Å². The van der Waals surface area contributed by atoms with Crippen molar-refractivity contribution in [1.82, 2.24) is 24.1 Å². The monoisotopic (exact) mass is 404 g/mol. The van der Waals surface area contributed by atoms with E-state index in [-0.39, 0.29) is 12.6 Å². The molecular formula is C17H20N6O6. The Kier molecular flexibility index (Phi) is 4.54. The fraction of sp³-hybridized carbons (Fsp3) is 0.529. The van der Waals surface area contributed by atoms with Gasteiger partial charge in [0.25, 0.3) is 0 Å². The number of anilines is 1. The zero-order chi connectivity index (χ0) is 20.0. The maximum atomic E-state index is 11.6. The average Bonchev–Trinajstić information content (AvgIpc) is 3.49. The molecule has 0 radical (unpaired) electrons. The molecule has 12 heteroatoms. The molecule has 0 amide bonds. The van der Waals surface area contributed by atoms with Gasteiger partial charge in [0.2, 0.25) is 0 Å². The molecule has 2 fully saturated rings. The summed E-state index contributed by atoms with van der Waals surface area (Å²) in [6.07, 6.45) is 2.31. The van der Waals surface area contributed by atoms with Crippen molar-refractivity contribution in [3.05, 3.63) is 35.7 Å². The van der Waals surface area contributed by atoms with Crippen LogP contribution in [0.5, 0.6) is 0 Å². The number of aliphatic hydroxyl groups is 2. The van der Waals surface area contributed by atoms with Crippen LogP contribution in [-0.2, 0) is 16.0 Å². The summed E-state index contributed by atoms with van der Waals surface area (Å²) in [5.41, 5.74) is 0.984. The number of fused-ring (bicyclic) bond motifs is 1. The molecule has 0 saturated carbocycles. The second-order valence-electron chi connectivity index (χ2n) is 7.12. The number of hydrogen-bond donors (Lipinski definition) is 3. The van der Waals surface area contributed by atoms with Gasteiger partial charge in [-0.25, -0.2) is 19.7 Å². The first-order valence-corrected chi connectivity index (χ1v) is 9.29. The van der Waals surface area contributed by atoms with Gasteiger partial charge in [-0.3, -0.25) is 9.13 Å². The van der Waals surface area contributed by atoms with E-state index < -0.39 is 30.3 Å². The summed E-state index contributed by atoms with van der Waals surface area (Å²) in [6.45, 7) is 1.33. The highest BCUT2D eigenvalue weighted by atomic mass is 16.6. The lowest BCUT2D eigenvalue weighted by Crippen LogP contribution is -2.35. The molecule has 0 aromatic carbocycles. The second-order valence-corrected chi connectivity index (χ2v) is 7.12. The Morgan fingerprint density at radius 2 is 2.14 bits per heavy atom. The maximum Gasteiger partial charge on any atom is 0.418 e. The summed E-state index contributed by atoms with van der Waals surface area (Å²) < 4.78 is 18.8. The van der Waals surface area contributed by atoms with Crippen molar-refractivity contribution in [2.75, 3.05) is 18.5 Å². The Labute approximate surface area is 163 Å². The fourth-order valence-corrected chi connectivity index (χ4v) is 3.72. The molecule has 3 N–H and O–H groups in total. The first-order valence-electron chi connectivity index (χ1n) is 9.29. The molecule has 4 unspecified atom stereocenters. The Balaban J connectivity index is 1.41. The molecule has 0 bridgehead atoms. The van der Waals surface area contributed by atoms with Crippen molar-refractivity contribution < 1.29 is 24.1 Å². The molecule has 5 heterocycles. The van der Waals surface area contributed by atoms with Gasteiger partial charge in [0.05, 0.1) is 25.5 Å². The van der Waals surface area contributed by atoms with Crippen molar-refractivity contribution in [2.24, 2.45) is 0 Å². The van der Waals surface area contributed by atoms with E-state index in [1.54, 1.807) is 4.57 Å². The molecule has 3 aromatic heterocycles. The molecule has 3 aromatic rings. The van der Waals surface area contributed by atoms with Crippen LogP contribution < -0.4 is 11.1 Å². The van der Waals surface area contributed by atoms with Crippen LogP contribution in [0.2, 0.25) is 0 Å². The van der Waals surface area contributed by atoms with E-state index in [0.717, 1.165) is 6.42 Å². The van der Waals surface area contributed by atoms with E-state index in [1.165, 1.54) is 29.7 Å². The van der Waals surface area contributed by atoms with Crippen LogP contribution >= 0.6 is 0 Å². The lowest BCUT2D eigenvalue weighted by molar-refractivity contribution is -0.0397. The number of oxazole rings is 1. The molecular weight excluding hydrogens is 384 g/mol. The van der Waals surface area contributed by atoms with E-state index in [4.69, 9.17) is 13.9 Å². The van der Waals surface area contributed by atoms with Crippen LogP contribution in [0, 0.1) is 0 Å². The molecule has 2 aliphatic heterocycles. The minimum absolute atomic E-state index is 0.0418. The third-order valence-electron chi connectivity index (χ3n) is 5.26. The van der Waals surface area contributed by atoms with Gasteiger partial charge in [-0.05, 0) is 6.42 Å². The van der Waals surface area contributed by atoms with E-state index >= 15 is 0 Å². The minimum atomic E-state index is -1.23. The maximum absolute atomic E-state index is 11.6. The number of ether oxygens (including phenoxy) is 2. The molecule has 0 spiro atoms. The normalized spacial score (nSPS) is 29.7. The lowest BCUT2D eigenvalue weighted by atomic mass is 10.1. The molecule has 29 heavy (non-hydrogen) atoms. The number of hydrogen-bond acceptors (Lipinski definition) is 10. The summed E-state index contributed by atoms with van der Waals surface area (Å²) in [5.74, 6) is 0.00459. The second kappa shape index (κ2) is 7.22. The van der Waals surface area contributed by atoms with Gasteiger partial charge in [-0.2, -0.15) is 0 Å². The first-order chi connectivity index (χ1) is 14.1. The largest absolute Gasteiger partial charge is 0.418 e. The van der Waals surface area contributed by atoms with Crippen LogP contribution in [0.3, 0.4) is 0 Å². The van der Waals surface area contributed by atoms with Gasteiger partial charge in [-0.1, -0.05) is 0 Å². The SMILES string of the molecule is O=c1occn1CC1OC(n2cnc3c(N[C@@H]4CCOC4)ncnc32)C(O)C1O. The Morgan fingerprint density at radius 3 is 2.90 bits per heavy atom. The smallest absolute Gasteiger partial charge is 0.416 e. The molecule has 12 nitrogen and oxygen atoms in total. The van der Waals surface area contributed by atoms with Gasteiger partial charge < -0.3 is 29.4 Å². The summed E-state index contributed by atoms with van der Waals surface area (Å²) in [6, 6.07) is 0.144. The molecule has 5 atom stereocenters. The van der Waals surface area contributed by atoms with Crippen LogP contribution in [0.4, 0.5) is 5.82 Å². The van der Waals surface area contributed by atoms with Gasteiger partial charge in [0, 0.05) is 12.8 Å². The Hall–Kier alpha value is -2.80. The van der Waals surface area contributed by atoms with Crippen molar-refractivity contribution >= 4 is 17.0 Å². The van der Waals surface area contributed by atoms with Crippen LogP contribution in [0.1, 0.15) is 12.6 Å². The molecule has 2 saturated heterocycles. The highest BCUT2D eigenvalue weighted by Crippen LogP contribution is 2.33. The summed E-state index contributed by atoms with van der Waals surface area (Å²) in [7, 11) is 0. The number of aliphatic hydroxyl groups excluding tert-OH is 2. The summed E-state index contributed by atoms with van der Waals surface area (Å²) in [5, 5.41) is 24.3. The van der Waals surface area contributed by atoms with Crippen LogP contribution in [0.25, 0.3) is 11.2 Å². The number of aromatic nitrogens is 5. The Bertz CT molecular complexity index is 1060. The van der Waals surface area contributed by atoms with Crippen molar-refractivity contribution in [2.45, 2.75) is 43.5 Å². The van der Waals surface area contributed by atoms with Crippen LogP contribution in [0.15, 0.2) is 34.3 Å². The number of imidazole rings is 1. The number of nitrogens with one attached hydrogen (secondary N) is 1. The lowest BCUT2D eigenvalue weighted by Gasteiger charge is -2.17. The third-order valence-corrected chi connectivity index (χ3v) is 5.26. The van der Waals surface area contributed by atoms with Crippen molar-refractivity contribution in [3.8, 4) is 0 Å². The molecule has 0 aliphatic carbocycles. The fourth-order valence-electron chi connectivity index (χ4n) is 3.72. The third kappa shape index (κ3) is 3.19. The molecule has 2 aliphatic rings. The van der Waals surface area contributed by atoms with Gasteiger partial charge in [0.15, 0.2) is 23.2 Å². The minimum Gasteiger partial charge on any atom is -0.416 e. The standard InChI is InChI=1S/C17H20N6O6/c24-12-10(5-22-2-4-28-17(22)26)29-16(13(12)25)23-8-20-11-14(18-7-19-15(11)23)21-9-1-3-27-6-9/h2,4,7-10,12-13,16,24-25H,1,3,5-6H2,(H,18,19,21)/t9-,10?,12?,13?,16?/m1/s1. The van der Waals surface area contributed by atoms with E-state index in [0.29, 0.717) is 30.2 Å². The van der Waals surface area contributed by atoms with E-state index in [1.807, 2.05) is 0 Å².